The van der Waals surface area contributed by atoms with Gasteiger partial charge in [-0.1, -0.05) is 6.07 Å². The van der Waals surface area contributed by atoms with Crippen LogP contribution in [0.5, 0.6) is 0 Å². The number of rotatable bonds is 3. The average molecular weight is 405 g/mol. The third-order valence-electron chi connectivity index (χ3n) is 6.48. The van der Waals surface area contributed by atoms with Gasteiger partial charge in [0.1, 0.15) is 0 Å². The summed E-state index contributed by atoms with van der Waals surface area (Å²) in [5, 5.41) is 2.65. The highest BCUT2D eigenvalue weighted by molar-refractivity contribution is 6.05. The summed E-state index contributed by atoms with van der Waals surface area (Å²) in [4.78, 5) is 15.3. The molecule has 1 aromatic heterocycles. The third kappa shape index (κ3) is 3.68. The molecular weight excluding hydrogens is 379 g/mol. The normalized spacial score (nSPS) is 24.0. The van der Waals surface area contributed by atoms with E-state index in [1.807, 2.05) is 19.9 Å². The molecular formula is C22H26F3N3O. The van der Waals surface area contributed by atoms with Gasteiger partial charge in [-0.3, -0.25) is 4.79 Å². The van der Waals surface area contributed by atoms with Gasteiger partial charge in [0.25, 0.3) is 5.91 Å². The molecule has 2 bridgehead atoms. The summed E-state index contributed by atoms with van der Waals surface area (Å²) < 4.78 is 41.8. The zero-order valence-corrected chi connectivity index (χ0v) is 16.9. The summed E-state index contributed by atoms with van der Waals surface area (Å²) in [5.41, 5.74) is 1.98. The van der Waals surface area contributed by atoms with Crippen LogP contribution in [-0.2, 0) is 6.18 Å². The lowest BCUT2D eigenvalue weighted by Crippen LogP contribution is -2.48. The van der Waals surface area contributed by atoms with Gasteiger partial charge in [0.2, 0.25) is 0 Å². The van der Waals surface area contributed by atoms with E-state index in [-0.39, 0.29) is 17.2 Å². The second kappa shape index (κ2) is 7.20. The molecule has 0 radical (unpaired) electrons. The first-order chi connectivity index (χ1) is 13.6. The number of benzene rings is 1. The number of anilines is 1. The third-order valence-corrected chi connectivity index (χ3v) is 6.48. The molecule has 3 fully saturated rings. The number of nitrogens with zero attached hydrogens (tertiary/aromatic N) is 2. The fourth-order valence-corrected chi connectivity index (χ4v) is 4.95. The van der Waals surface area contributed by atoms with Crippen molar-refractivity contribution in [3.8, 4) is 0 Å². The molecule has 5 rings (SSSR count). The molecule has 156 valence electrons. The van der Waals surface area contributed by atoms with Crippen LogP contribution in [0.1, 0.15) is 51.8 Å². The molecule has 3 aliphatic rings. The Morgan fingerprint density at radius 1 is 1.10 bits per heavy atom. The van der Waals surface area contributed by atoms with E-state index >= 15 is 0 Å². The van der Waals surface area contributed by atoms with Crippen molar-refractivity contribution in [3.05, 3.63) is 52.3 Å². The van der Waals surface area contributed by atoms with Crippen LogP contribution in [0.3, 0.4) is 0 Å². The van der Waals surface area contributed by atoms with E-state index in [0.717, 1.165) is 37.1 Å². The van der Waals surface area contributed by atoms with Crippen molar-refractivity contribution in [1.29, 1.82) is 0 Å². The fourth-order valence-electron chi connectivity index (χ4n) is 4.95. The Balaban J connectivity index is 1.59. The molecule has 7 heteroatoms. The van der Waals surface area contributed by atoms with Gasteiger partial charge < -0.3 is 14.8 Å². The molecule has 3 saturated heterocycles. The molecule has 1 atom stereocenters. The summed E-state index contributed by atoms with van der Waals surface area (Å²) in [7, 11) is 0. The molecule has 4 heterocycles. The number of nitrogens with one attached hydrogen (secondary N) is 1. The minimum Gasteiger partial charge on any atom is -0.344 e. The Bertz CT molecular complexity index is 940. The molecule has 0 aliphatic carbocycles. The van der Waals surface area contributed by atoms with Crippen LogP contribution < -0.4 is 5.32 Å². The van der Waals surface area contributed by atoms with Crippen LogP contribution in [0, 0.1) is 26.7 Å². The van der Waals surface area contributed by atoms with Crippen LogP contribution in [0.2, 0.25) is 0 Å². The lowest BCUT2D eigenvalue weighted by molar-refractivity contribution is -0.138. The second-order valence-electron chi connectivity index (χ2n) is 8.34. The molecule has 0 unspecified atom stereocenters. The monoisotopic (exact) mass is 405 g/mol. The van der Waals surface area contributed by atoms with Crippen LogP contribution >= 0.6 is 0 Å². The minimum absolute atomic E-state index is 0.135. The fraction of sp³-hybridized carbons (Fsp3) is 0.500. The molecule has 1 aromatic carbocycles. The maximum absolute atomic E-state index is 13.2. The second-order valence-corrected chi connectivity index (χ2v) is 8.34. The van der Waals surface area contributed by atoms with Gasteiger partial charge in [-0.25, -0.2) is 0 Å². The molecule has 0 saturated carbocycles. The highest BCUT2D eigenvalue weighted by Gasteiger charge is 2.37. The van der Waals surface area contributed by atoms with Crippen molar-refractivity contribution in [2.24, 2.45) is 5.92 Å². The van der Waals surface area contributed by atoms with E-state index < -0.39 is 11.7 Å². The van der Waals surface area contributed by atoms with Crippen molar-refractivity contribution >= 4 is 11.6 Å². The van der Waals surface area contributed by atoms with E-state index in [4.69, 9.17) is 0 Å². The summed E-state index contributed by atoms with van der Waals surface area (Å²) in [6.07, 6.45) is -2.10. The first-order valence-electron chi connectivity index (χ1n) is 10.0. The van der Waals surface area contributed by atoms with Crippen molar-refractivity contribution in [2.75, 3.05) is 25.0 Å². The number of carbonyl (C=O) groups excluding carboxylic acids is 1. The van der Waals surface area contributed by atoms with Crippen molar-refractivity contribution in [1.82, 2.24) is 9.47 Å². The number of hydrogen-bond acceptors (Lipinski definition) is 2. The van der Waals surface area contributed by atoms with Gasteiger partial charge in [-0.05, 0) is 76.4 Å². The quantitative estimate of drug-likeness (QED) is 0.785. The lowest BCUT2D eigenvalue weighted by atomic mass is 9.83. The van der Waals surface area contributed by atoms with Gasteiger partial charge in [-0.2, -0.15) is 13.2 Å². The molecule has 0 spiro atoms. The van der Waals surface area contributed by atoms with Gasteiger partial charge in [-0.15, -0.1) is 0 Å². The largest absolute Gasteiger partial charge is 0.416 e. The Morgan fingerprint density at radius 3 is 2.38 bits per heavy atom. The number of halogens is 3. The van der Waals surface area contributed by atoms with Crippen LogP contribution in [-0.4, -0.2) is 35.0 Å². The molecule has 2 aromatic rings. The predicted molar refractivity (Wildman–Crippen MR) is 106 cm³/mol. The Labute approximate surface area is 168 Å². The smallest absolute Gasteiger partial charge is 0.344 e. The maximum Gasteiger partial charge on any atom is 0.416 e. The SMILES string of the molecule is Cc1ccc(NC(=O)c2cc(C)n([C@@H]3CN4CCC3CC4)c2C)cc1C(F)(F)F. The molecule has 1 amide bonds. The number of alkyl halides is 3. The van der Waals surface area contributed by atoms with Crippen molar-refractivity contribution in [2.45, 2.75) is 45.8 Å². The van der Waals surface area contributed by atoms with E-state index in [1.165, 1.54) is 31.9 Å². The Kier molecular flexibility index (Phi) is 4.97. The summed E-state index contributed by atoms with van der Waals surface area (Å²) in [5.74, 6) is 0.245. The molecule has 1 N–H and O–H groups in total. The topological polar surface area (TPSA) is 37.3 Å². The van der Waals surface area contributed by atoms with E-state index in [9.17, 15) is 18.0 Å². The summed E-state index contributed by atoms with van der Waals surface area (Å²) >= 11 is 0. The first kappa shape index (κ1) is 20.0. The zero-order valence-electron chi connectivity index (χ0n) is 16.9. The number of carbonyl (C=O) groups is 1. The van der Waals surface area contributed by atoms with Gasteiger partial charge in [0, 0.05) is 29.7 Å². The van der Waals surface area contributed by atoms with Gasteiger partial charge >= 0.3 is 6.18 Å². The van der Waals surface area contributed by atoms with Crippen molar-refractivity contribution in [3.63, 3.8) is 0 Å². The van der Waals surface area contributed by atoms with Gasteiger partial charge in [0.15, 0.2) is 0 Å². The molecule has 4 nitrogen and oxygen atoms in total. The van der Waals surface area contributed by atoms with Crippen molar-refractivity contribution < 1.29 is 18.0 Å². The zero-order chi connectivity index (χ0) is 20.9. The lowest BCUT2D eigenvalue weighted by Gasteiger charge is -2.46. The van der Waals surface area contributed by atoms with E-state index in [1.54, 1.807) is 0 Å². The van der Waals surface area contributed by atoms with Crippen LogP contribution in [0.15, 0.2) is 24.3 Å². The Hall–Kier alpha value is -2.28. The van der Waals surface area contributed by atoms with Crippen LogP contribution in [0.25, 0.3) is 0 Å². The van der Waals surface area contributed by atoms with E-state index in [0.29, 0.717) is 17.5 Å². The predicted octanol–water partition coefficient (Wildman–Crippen LogP) is 4.95. The average Bonchev–Trinajstić information content (AvgIpc) is 2.97. The highest BCUT2D eigenvalue weighted by Crippen LogP contribution is 2.38. The number of fused-ring (bicyclic) bond motifs is 3. The number of hydrogen-bond donors (Lipinski definition) is 1. The number of aromatic nitrogens is 1. The highest BCUT2D eigenvalue weighted by atomic mass is 19.4. The molecule has 29 heavy (non-hydrogen) atoms. The number of piperidine rings is 3. The first-order valence-corrected chi connectivity index (χ1v) is 10.0. The van der Waals surface area contributed by atoms with E-state index in [2.05, 4.69) is 14.8 Å². The standard InChI is InChI=1S/C22H26F3N3O/c1-13-4-5-17(11-19(13)22(23,24)25)26-21(29)18-10-14(2)28(15(18)3)20-12-27-8-6-16(20)7-9-27/h4-5,10-11,16,20H,6-9,12H2,1-3H3,(H,26,29)/t20-/m1/s1. The van der Waals surface area contributed by atoms with Gasteiger partial charge in [0.05, 0.1) is 11.1 Å². The van der Waals surface area contributed by atoms with Crippen LogP contribution in [0.4, 0.5) is 18.9 Å². The minimum atomic E-state index is -4.45. The Morgan fingerprint density at radius 2 is 1.79 bits per heavy atom. The summed E-state index contributed by atoms with van der Waals surface area (Å²) in [6, 6.07) is 6.10. The number of amides is 1. The summed E-state index contributed by atoms with van der Waals surface area (Å²) in [6.45, 7) is 8.61. The maximum atomic E-state index is 13.2. The molecule has 3 aliphatic heterocycles. The number of aryl methyl sites for hydroxylation is 2.